The molecule has 1 aliphatic carbocycles. The lowest BCUT2D eigenvalue weighted by Crippen LogP contribution is -2.15. The molecule has 2 aromatic rings. The van der Waals surface area contributed by atoms with Gasteiger partial charge in [-0.05, 0) is 37.1 Å². The summed E-state index contributed by atoms with van der Waals surface area (Å²) in [6.07, 6.45) is 3.57. The van der Waals surface area contributed by atoms with Crippen LogP contribution in [0.15, 0.2) is 35.1 Å². The Hall–Kier alpha value is -1.82. The highest BCUT2D eigenvalue weighted by Crippen LogP contribution is 2.38. The number of amides is 1. The summed E-state index contributed by atoms with van der Waals surface area (Å²) in [6, 6.07) is 6.13. The first kappa shape index (κ1) is 13.2. The second-order valence-corrected chi connectivity index (χ2v) is 5.60. The predicted octanol–water partition coefficient (Wildman–Crippen LogP) is 3.51. The van der Waals surface area contributed by atoms with Gasteiger partial charge in [-0.25, -0.2) is 14.4 Å². The smallest absolute Gasteiger partial charge is 0.274 e. The molecule has 0 spiro atoms. The Balaban J connectivity index is 1.80. The van der Waals surface area contributed by atoms with Crippen molar-refractivity contribution in [3.63, 3.8) is 0 Å². The molecule has 3 rings (SSSR count). The SMILES string of the molecule is O=C(Nc1ccc(Br)cc1F)c1cc(C2CC2)ncn1. The van der Waals surface area contributed by atoms with Crippen LogP contribution < -0.4 is 5.32 Å². The number of nitrogens with zero attached hydrogens (tertiary/aromatic N) is 2. The molecular weight excluding hydrogens is 325 g/mol. The Morgan fingerprint density at radius 2 is 2.10 bits per heavy atom. The molecule has 1 N–H and O–H groups in total. The Morgan fingerprint density at radius 1 is 1.30 bits per heavy atom. The minimum atomic E-state index is -0.496. The summed E-state index contributed by atoms with van der Waals surface area (Å²) in [5, 5.41) is 2.52. The van der Waals surface area contributed by atoms with Gasteiger partial charge in [-0.2, -0.15) is 0 Å². The van der Waals surface area contributed by atoms with Crippen LogP contribution in [0.4, 0.5) is 10.1 Å². The number of carbonyl (C=O) groups is 1. The van der Waals surface area contributed by atoms with E-state index in [-0.39, 0.29) is 11.4 Å². The highest BCUT2D eigenvalue weighted by molar-refractivity contribution is 9.10. The van der Waals surface area contributed by atoms with Crippen molar-refractivity contribution < 1.29 is 9.18 Å². The first-order valence-corrected chi connectivity index (χ1v) is 7.01. The van der Waals surface area contributed by atoms with Gasteiger partial charge in [0.15, 0.2) is 0 Å². The number of hydrogen-bond acceptors (Lipinski definition) is 3. The number of benzene rings is 1. The van der Waals surface area contributed by atoms with Gasteiger partial charge in [0.05, 0.1) is 5.69 Å². The van der Waals surface area contributed by atoms with E-state index in [0.29, 0.717) is 10.4 Å². The maximum atomic E-state index is 13.7. The number of halogens is 2. The molecule has 0 bridgehead atoms. The third kappa shape index (κ3) is 2.85. The highest BCUT2D eigenvalue weighted by Gasteiger charge is 2.26. The van der Waals surface area contributed by atoms with E-state index in [4.69, 9.17) is 0 Å². The van der Waals surface area contributed by atoms with E-state index >= 15 is 0 Å². The summed E-state index contributed by atoms with van der Waals surface area (Å²) in [4.78, 5) is 20.2. The van der Waals surface area contributed by atoms with Crippen molar-refractivity contribution in [1.82, 2.24) is 9.97 Å². The van der Waals surface area contributed by atoms with Crippen molar-refractivity contribution >= 4 is 27.5 Å². The molecule has 0 radical (unpaired) electrons. The second kappa shape index (κ2) is 5.28. The lowest BCUT2D eigenvalue weighted by atomic mass is 10.2. The molecule has 20 heavy (non-hydrogen) atoms. The molecule has 4 nitrogen and oxygen atoms in total. The Bertz CT molecular complexity index is 673. The minimum absolute atomic E-state index is 0.129. The fraction of sp³-hybridized carbons (Fsp3) is 0.214. The average Bonchev–Trinajstić information content (AvgIpc) is 3.26. The van der Waals surface area contributed by atoms with Crippen molar-refractivity contribution in [3.05, 3.63) is 52.3 Å². The summed E-state index contributed by atoms with van der Waals surface area (Å²) < 4.78 is 14.3. The summed E-state index contributed by atoms with van der Waals surface area (Å²) >= 11 is 3.17. The van der Waals surface area contributed by atoms with Gasteiger partial charge < -0.3 is 5.32 Å². The molecule has 1 aromatic carbocycles. The average molecular weight is 336 g/mol. The lowest BCUT2D eigenvalue weighted by Gasteiger charge is -2.07. The molecule has 1 heterocycles. The van der Waals surface area contributed by atoms with Gasteiger partial charge in [0, 0.05) is 16.1 Å². The van der Waals surface area contributed by atoms with E-state index in [0.717, 1.165) is 18.5 Å². The monoisotopic (exact) mass is 335 g/mol. The number of aromatic nitrogens is 2. The van der Waals surface area contributed by atoms with Gasteiger partial charge in [0.2, 0.25) is 0 Å². The topological polar surface area (TPSA) is 54.9 Å². The number of rotatable bonds is 3. The molecule has 1 amide bonds. The van der Waals surface area contributed by atoms with Crippen molar-refractivity contribution in [2.45, 2.75) is 18.8 Å². The zero-order valence-electron chi connectivity index (χ0n) is 10.4. The van der Waals surface area contributed by atoms with Crippen molar-refractivity contribution in [3.8, 4) is 0 Å². The number of nitrogens with one attached hydrogen (secondary N) is 1. The van der Waals surface area contributed by atoms with Crippen LogP contribution in [0.2, 0.25) is 0 Å². The Morgan fingerprint density at radius 3 is 2.80 bits per heavy atom. The summed E-state index contributed by atoms with van der Waals surface area (Å²) in [5.41, 5.74) is 1.26. The number of carbonyl (C=O) groups excluding carboxylic acids is 1. The third-order valence-electron chi connectivity index (χ3n) is 3.10. The van der Waals surface area contributed by atoms with Crippen molar-refractivity contribution in [2.24, 2.45) is 0 Å². The predicted molar refractivity (Wildman–Crippen MR) is 76.1 cm³/mol. The van der Waals surface area contributed by atoms with Gasteiger partial charge in [-0.15, -0.1) is 0 Å². The van der Waals surface area contributed by atoms with Crippen LogP contribution in [0.5, 0.6) is 0 Å². The zero-order chi connectivity index (χ0) is 14.1. The lowest BCUT2D eigenvalue weighted by molar-refractivity contribution is 0.102. The minimum Gasteiger partial charge on any atom is -0.318 e. The summed E-state index contributed by atoms with van der Waals surface area (Å²) in [5.74, 6) is -0.492. The third-order valence-corrected chi connectivity index (χ3v) is 3.59. The Kier molecular flexibility index (Phi) is 3.48. The maximum absolute atomic E-state index is 13.7. The van der Waals surface area contributed by atoms with Gasteiger partial charge in [-0.1, -0.05) is 15.9 Å². The van der Waals surface area contributed by atoms with Crippen LogP contribution >= 0.6 is 15.9 Å². The van der Waals surface area contributed by atoms with E-state index in [1.807, 2.05) is 0 Å². The van der Waals surface area contributed by atoms with Gasteiger partial charge >= 0.3 is 0 Å². The summed E-state index contributed by atoms with van der Waals surface area (Å²) in [7, 11) is 0. The quantitative estimate of drug-likeness (QED) is 0.933. The molecule has 6 heteroatoms. The molecule has 102 valence electrons. The first-order valence-electron chi connectivity index (χ1n) is 6.22. The van der Waals surface area contributed by atoms with E-state index < -0.39 is 11.7 Å². The van der Waals surface area contributed by atoms with Gasteiger partial charge in [0.1, 0.15) is 17.8 Å². The summed E-state index contributed by atoms with van der Waals surface area (Å²) in [6.45, 7) is 0. The van der Waals surface area contributed by atoms with Crippen LogP contribution in [-0.2, 0) is 0 Å². The molecule has 0 atom stereocenters. The molecule has 1 fully saturated rings. The van der Waals surface area contributed by atoms with Gasteiger partial charge in [0.25, 0.3) is 5.91 Å². The maximum Gasteiger partial charge on any atom is 0.274 e. The number of hydrogen-bond donors (Lipinski definition) is 1. The van der Waals surface area contributed by atoms with Crippen LogP contribution in [-0.4, -0.2) is 15.9 Å². The van der Waals surface area contributed by atoms with Crippen LogP contribution in [0.1, 0.15) is 34.9 Å². The molecule has 1 saturated carbocycles. The van der Waals surface area contributed by atoms with Gasteiger partial charge in [-0.3, -0.25) is 4.79 Å². The normalized spacial score (nSPS) is 14.1. The second-order valence-electron chi connectivity index (χ2n) is 4.68. The Labute approximate surface area is 123 Å². The van der Waals surface area contributed by atoms with E-state index in [9.17, 15) is 9.18 Å². The number of anilines is 1. The van der Waals surface area contributed by atoms with Crippen molar-refractivity contribution in [2.75, 3.05) is 5.32 Å². The highest BCUT2D eigenvalue weighted by atomic mass is 79.9. The molecule has 1 aromatic heterocycles. The standard InChI is InChI=1S/C14H11BrFN3O/c15-9-3-4-11(10(16)5-9)19-14(20)13-6-12(8-1-2-8)17-7-18-13/h3-8H,1-2H2,(H,19,20). The largest absolute Gasteiger partial charge is 0.318 e. The molecule has 0 unspecified atom stereocenters. The van der Waals surface area contributed by atoms with E-state index in [1.54, 1.807) is 12.1 Å². The van der Waals surface area contributed by atoms with Crippen LogP contribution in [0, 0.1) is 5.82 Å². The zero-order valence-corrected chi connectivity index (χ0v) is 12.0. The fourth-order valence-corrected chi connectivity index (χ4v) is 2.21. The van der Waals surface area contributed by atoms with Crippen LogP contribution in [0.3, 0.4) is 0 Å². The molecule has 0 saturated heterocycles. The van der Waals surface area contributed by atoms with E-state index in [1.165, 1.54) is 18.5 Å². The first-order chi connectivity index (χ1) is 9.63. The molecule has 0 aliphatic heterocycles. The van der Waals surface area contributed by atoms with Crippen LogP contribution in [0.25, 0.3) is 0 Å². The molecule has 1 aliphatic rings. The van der Waals surface area contributed by atoms with Crippen molar-refractivity contribution in [1.29, 1.82) is 0 Å². The van der Waals surface area contributed by atoms with E-state index in [2.05, 4.69) is 31.2 Å². The fourth-order valence-electron chi connectivity index (χ4n) is 1.88. The molecular formula is C14H11BrFN3O.